The molecular formula is C27H38IN3O8. The lowest BCUT2D eigenvalue weighted by molar-refractivity contribution is -0.140. The van der Waals surface area contributed by atoms with E-state index in [0.29, 0.717) is 52.5 Å². The summed E-state index contributed by atoms with van der Waals surface area (Å²) < 4.78 is 17.9. The largest absolute Gasteiger partial charge is 0.493 e. The number of carbonyl (C=O) groups is 2. The molecule has 2 fully saturated rings. The molecule has 4 rings (SSSR count). The zero-order valence-electron chi connectivity index (χ0n) is 22.2. The molecule has 1 saturated heterocycles. The maximum atomic E-state index is 13.5. The number of carbonyl (C=O) groups excluding carboxylic acids is 2. The Hall–Kier alpha value is -1.97. The first-order valence-corrected chi connectivity index (χ1v) is 14.5. The molecule has 0 unspecified atom stereocenters. The van der Waals surface area contributed by atoms with Crippen LogP contribution in [-0.2, 0) is 20.9 Å². The Kier molecular flexibility index (Phi) is 10.8. The Bertz CT molecular complexity index is 1040. The Morgan fingerprint density at radius 1 is 1.23 bits per heavy atom. The molecule has 216 valence electrons. The number of aliphatic hydroxyl groups is 3. The molecule has 12 heteroatoms. The third-order valence-corrected chi connectivity index (χ3v) is 8.11. The second-order valence-corrected chi connectivity index (χ2v) is 11.2. The predicted molar refractivity (Wildman–Crippen MR) is 150 cm³/mol. The molecule has 0 radical (unpaired) electrons. The van der Waals surface area contributed by atoms with Gasteiger partial charge in [0.1, 0.15) is 12.2 Å². The number of halogens is 1. The Labute approximate surface area is 242 Å². The number of morpholine rings is 1. The second-order valence-electron chi connectivity index (χ2n) is 10.0. The van der Waals surface area contributed by atoms with E-state index in [1.807, 2.05) is 0 Å². The van der Waals surface area contributed by atoms with E-state index in [2.05, 4.69) is 32.8 Å². The number of amides is 2. The van der Waals surface area contributed by atoms with Crippen molar-refractivity contribution in [3.05, 3.63) is 32.9 Å². The van der Waals surface area contributed by atoms with Gasteiger partial charge < -0.3 is 39.7 Å². The summed E-state index contributed by atoms with van der Waals surface area (Å²) in [6, 6.07) is 2.74. The average molecular weight is 660 g/mol. The summed E-state index contributed by atoms with van der Waals surface area (Å²) >= 11 is 2.08. The molecule has 1 heterocycles. The highest BCUT2D eigenvalue weighted by Crippen LogP contribution is 2.38. The molecule has 2 amide bonds. The highest BCUT2D eigenvalue weighted by Gasteiger charge is 2.44. The lowest BCUT2D eigenvalue weighted by Gasteiger charge is -2.41. The molecule has 1 aromatic carbocycles. The van der Waals surface area contributed by atoms with Crippen molar-refractivity contribution >= 4 is 34.4 Å². The molecule has 0 bridgehead atoms. The van der Waals surface area contributed by atoms with Crippen LogP contribution in [0.1, 0.15) is 24.8 Å². The molecule has 3 aliphatic rings. The molecule has 11 nitrogen and oxygen atoms in total. The molecule has 0 aromatic heterocycles. The molecular weight excluding hydrogens is 621 g/mol. The van der Waals surface area contributed by atoms with E-state index < -0.39 is 18.2 Å². The van der Waals surface area contributed by atoms with E-state index in [4.69, 9.17) is 14.2 Å². The zero-order valence-corrected chi connectivity index (χ0v) is 24.3. The van der Waals surface area contributed by atoms with E-state index in [1.54, 1.807) is 23.1 Å². The number of hydrogen-bond acceptors (Lipinski definition) is 9. The second kappa shape index (κ2) is 14.1. The van der Waals surface area contributed by atoms with Gasteiger partial charge >= 0.3 is 0 Å². The van der Waals surface area contributed by atoms with Crippen LogP contribution in [-0.4, -0.2) is 115 Å². The van der Waals surface area contributed by atoms with Gasteiger partial charge in [-0.1, -0.05) is 0 Å². The lowest BCUT2D eigenvalue weighted by Crippen LogP contribution is -2.57. The summed E-state index contributed by atoms with van der Waals surface area (Å²) in [4.78, 5) is 30.5. The monoisotopic (exact) mass is 659 g/mol. The summed E-state index contributed by atoms with van der Waals surface area (Å²) in [5, 5.41) is 33.1. The van der Waals surface area contributed by atoms with Crippen LogP contribution in [0.5, 0.6) is 11.5 Å². The highest BCUT2D eigenvalue weighted by molar-refractivity contribution is 14.1. The molecule has 0 spiro atoms. The van der Waals surface area contributed by atoms with Gasteiger partial charge in [0.25, 0.3) is 0 Å². The van der Waals surface area contributed by atoms with E-state index in [9.17, 15) is 24.9 Å². The van der Waals surface area contributed by atoms with Crippen LogP contribution in [0.3, 0.4) is 0 Å². The molecule has 39 heavy (non-hydrogen) atoms. The molecule has 1 aliphatic heterocycles. The van der Waals surface area contributed by atoms with Gasteiger partial charge in [0.2, 0.25) is 11.8 Å². The van der Waals surface area contributed by atoms with Crippen LogP contribution in [0.25, 0.3) is 0 Å². The number of hydrogen-bond donors (Lipinski definition) is 4. The quantitative estimate of drug-likeness (QED) is 0.233. The van der Waals surface area contributed by atoms with E-state index in [1.165, 1.54) is 7.11 Å². The van der Waals surface area contributed by atoms with Crippen LogP contribution < -0.4 is 14.8 Å². The Morgan fingerprint density at radius 3 is 2.62 bits per heavy atom. The minimum Gasteiger partial charge on any atom is -0.493 e. The number of rotatable bonds is 12. The fraction of sp³-hybridized carbons (Fsp3) is 0.630. The number of nitrogens with one attached hydrogen (secondary N) is 1. The molecule has 1 saturated carbocycles. The van der Waals surface area contributed by atoms with Crippen molar-refractivity contribution in [1.82, 2.24) is 15.1 Å². The maximum absolute atomic E-state index is 13.5. The van der Waals surface area contributed by atoms with Crippen molar-refractivity contribution in [3.8, 4) is 11.5 Å². The van der Waals surface area contributed by atoms with Crippen molar-refractivity contribution in [1.29, 1.82) is 0 Å². The number of nitrogens with zero attached hydrogens (tertiary/aromatic N) is 2. The van der Waals surface area contributed by atoms with Crippen molar-refractivity contribution in [2.45, 2.75) is 44.1 Å². The average Bonchev–Trinajstić information content (AvgIpc) is 3.80. The first-order chi connectivity index (χ1) is 18.9. The SMILES string of the molecule is COc1cc(CO)cc(I)c1O[C@H]1C=C(C(=O)NCCO)C[C@@H](N(CCN2CCOCC2)C(=O)C2CC2)[C@@H]1O. The Balaban J connectivity index is 1.63. The number of aliphatic hydroxyl groups excluding tert-OH is 3. The fourth-order valence-corrected chi connectivity index (χ4v) is 5.77. The van der Waals surface area contributed by atoms with Crippen molar-refractivity contribution < 1.29 is 39.1 Å². The lowest BCUT2D eigenvalue weighted by atomic mass is 9.88. The van der Waals surface area contributed by atoms with Gasteiger partial charge in [0.05, 0.1) is 43.1 Å². The van der Waals surface area contributed by atoms with Crippen molar-refractivity contribution in [2.75, 3.05) is 59.7 Å². The maximum Gasteiger partial charge on any atom is 0.247 e. The van der Waals surface area contributed by atoms with Crippen LogP contribution in [0.2, 0.25) is 0 Å². The summed E-state index contributed by atoms with van der Waals surface area (Å²) in [6.45, 7) is 3.62. The van der Waals surface area contributed by atoms with Gasteiger partial charge in [-0.2, -0.15) is 0 Å². The van der Waals surface area contributed by atoms with E-state index in [-0.39, 0.29) is 43.9 Å². The summed E-state index contributed by atoms with van der Waals surface area (Å²) in [7, 11) is 1.49. The number of methoxy groups -OCH3 is 1. The van der Waals surface area contributed by atoms with E-state index in [0.717, 1.165) is 25.9 Å². The van der Waals surface area contributed by atoms with Gasteiger partial charge in [0, 0.05) is 50.6 Å². The number of benzene rings is 1. The van der Waals surface area contributed by atoms with Crippen LogP contribution in [0.4, 0.5) is 0 Å². The third-order valence-electron chi connectivity index (χ3n) is 7.31. The zero-order chi connectivity index (χ0) is 27.9. The fourth-order valence-electron chi connectivity index (χ4n) is 4.97. The summed E-state index contributed by atoms with van der Waals surface area (Å²) in [6.07, 6.45) is 1.34. The summed E-state index contributed by atoms with van der Waals surface area (Å²) in [5.74, 6) is 0.310. The normalized spacial score (nSPS) is 23.6. The van der Waals surface area contributed by atoms with Gasteiger partial charge in [-0.15, -0.1) is 0 Å². The number of ether oxygens (including phenoxy) is 3. The van der Waals surface area contributed by atoms with Crippen molar-refractivity contribution in [2.24, 2.45) is 5.92 Å². The summed E-state index contributed by atoms with van der Waals surface area (Å²) in [5.41, 5.74) is 1.03. The third kappa shape index (κ3) is 7.61. The van der Waals surface area contributed by atoms with Crippen molar-refractivity contribution in [3.63, 3.8) is 0 Å². The van der Waals surface area contributed by atoms with Gasteiger partial charge in [0.15, 0.2) is 11.5 Å². The minimum atomic E-state index is -1.11. The van der Waals surface area contributed by atoms with E-state index >= 15 is 0 Å². The smallest absolute Gasteiger partial charge is 0.247 e. The van der Waals surface area contributed by atoms with Gasteiger partial charge in [-0.25, -0.2) is 0 Å². The first kappa shape index (κ1) is 30.0. The molecule has 1 aromatic rings. The molecule has 2 aliphatic carbocycles. The van der Waals surface area contributed by atoms with Gasteiger partial charge in [-0.05, 0) is 59.2 Å². The molecule has 4 N–H and O–H groups in total. The van der Waals surface area contributed by atoms with Crippen LogP contribution >= 0.6 is 22.6 Å². The minimum absolute atomic E-state index is 0.0115. The Morgan fingerprint density at radius 2 is 1.97 bits per heavy atom. The van der Waals surface area contributed by atoms with Crippen LogP contribution in [0.15, 0.2) is 23.8 Å². The predicted octanol–water partition coefficient (Wildman–Crippen LogP) is 0.278. The highest BCUT2D eigenvalue weighted by atomic mass is 127. The van der Waals surface area contributed by atoms with Gasteiger partial charge in [-0.3, -0.25) is 14.5 Å². The first-order valence-electron chi connectivity index (χ1n) is 13.4. The standard InChI is InChI=1S/C27H38IN3O8/c1-37-23-13-17(16-33)12-20(28)25(23)39-22-15-19(26(35)29-4-9-32)14-21(24(22)34)31(27(36)18-2-3-18)6-5-30-7-10-38-11-8-30/h12-13,15,18,21-22,24,32-34H,2-11,14,16H2,1H3,(H,29,35)/t21-,22+,24+/m1/s1. The topological polar surface area (TPSA) is 141 Å². The van der Waals surface area contributed by atoms with Crippen LogP contribution in [0, 0.1) is 9.49 Å². The molecule has 3 atom stereocenters.